The first-order valence-electron chi connectivity index (χ1n) is 4.24. The molecule has 0 saturated heterocycles. The van der Waals surface area contributed by atoms with Gasteiger partial charge < -0.3 is 5.73 Å². The fourth-order valence-corrected chi connectivity index (χ4v) is 2.30. The van der Waals surface area contributed by atoms with Gasteiger partial charge in [-0.25, -0.2) is 0 Å². The van der Waals surface area contributed by atoms with Gasteiger partial charge in [-0.3, -0.25) is 4.68 Å². The zero-order chi connectivity index (χ0) is 9.97. The van der Waals surface area contributed by atoms with Crippen LogP contribution in [0.1, 0.15) is 10.9 Å². The molecular weight excluding hydrogens is 218 g/mol. The molecule has 0 spiro atoms. The number of aromatic nitrogens is 2. The number of thiophene rings is 1. The molecule has 3 nitrogen and oxygen atoms in total. The van der Waals surface area contributed by atoms with Gasteiger partial charge in [-0.15, -0.1) is 11.3 Å². The van der Waals surface area contributed by atoms with E-state index in [0.717, 1.165) is 0 Å². The molecule has 0 bridgehead atoms. The van der Waals surface area contributed by atoms with Crippen molar-refractivity contribution >= 4 is 22.9 Å². The zero-order valence-electron chi connectivity index (χ0n) is 7.43. The lowest BCUT2D eigenvalue weighted by Crippen LogP contribution is -2.19. The van der Waals surface area contributed by atoms with Crippen LogP contribution in [0.15, 0.2) is 29.9 Å². The van der Waals surface area contributed by atoms with Crippen LogP contribution in [-0.2, 0) is 0 Å². The Morgan fingerprint density at radius 2 is 2.50 bits per heavy atom. The highest BCUT2D eigenvalue weighted by molar-refractivity contribution is 7.10. The monoisotopic (exact) mass is 227 g/mol. The second-order valence-corrected chi connectivity index (χ2v) is 4.32. The standard InChI is InChI=1S/C9H10ClN3S/c10-7-5-12-13(6-7)8(4-11)9-2-1-3-14-9/h1-3,5-6,8H,4,11H2. The summed E-state index contributed by atoms with van der Waals surface area (Å²) in [4.78, 5) is 1.20. The summed E-state index contributed by atoms with van der Waals surface area (Å²) in [5.41, 5.74) is 5.71. The van der Waals surface area contributed by atoms with Crippen LogP contribution in [0.25, 0.3) is 0 Å². The minimum absolute atomic E-state index is 0.0995. The Morgan fingerprint density at radius 1 is 1.64 bits per heavy atom. The van der Waals surface area contributed by atoms with Crippen LogP contribution in [0.4, 0.5) is 0 Å². The van der Waals surface area contributed by atoms with Gasteiger partial charge in [0.25, 0.3) is 0 Å². The van der Waals surface area contributed by atoms with Crippen molar-refractivity contribution in [2.75, 3.05) is 6.54 Å². The zero-order valence-corrected chi connectivity index (χ0v) is 9.00. The van der Waals surface area contributed by atoms with Gasteiger partial charge in [0.2, 0.25) is 0 Å². The lowest BCUT2D eigenvalue weighted by atomic mass is 10.2. The third kappa shape index (κ3) is 1.82. The first-order chi connectivity index (χ1) is 6.81. The highest BCUT2D eigenvalue weighted by Crippen LogP contribution is 2.22. The number of rotatable bonds is 3. The van der Waals surface area contributed by atoms with Gasteiger partial charge in [0.15, 0.2) is 0 Å². The van der Waals surface area contributed by atoms with Crippen LogP contribution in [0.2, 0.25) is 5.02 Å². The van der Waals surface area contributed by atoms with Crippen molar-refractivity contribution in [2.45, 2.75) is 6.04 Å². The summed E-state index contributed by atoms with van der Waals surface area (Å²) >= 11 is 7.48. The number of hydrogen-bond acceptors (Lipinski definition) is 3. The van der Waals surface area contributed by atoms with Crippen molar-refractivity contribution in [3.05, 3.63) is 39.8 Å². The maximum absolute atomic E-state index is 5.80. The molecule has 2 aromatic heterocycles. The van der Waals surface area contributed by atoms with Gasteiger partial charge in [-0.1, -0.05) is 17.7 Å². The van der Waals surface area contributed by atoms with Crippen molar-refractivity contribution in [3.8, 4) is 0 Å². The molecule has 2 N–H and O–H groups in total. The van der Waals surface area contributed by atoms with Gasteiger partial charge in [0, 0.05) is 17.6 Å². The van der Waals surface area contributed by atoms with Gasteiger partial charge in [0.1, 0.15) is 0 Å². The molecule has 0 fully saturated rings. The van der Waals surface area contributed by atoms with Crippen molar-refractivity contribution in [2.24, 2.45) is 5.73 Å². The molecule has 0 aliphatic heterocycles. The lowest BCUT2D eigenvalue weighted by Gasteiger charge is -2.12. The minimum atomic E-state index is 0.0995. The summed E-state index contributed by atoms with van der Waals surface area (Å²) in [6, 6.07) is 4.16. The van der Waals surface area contributed by atoms with E-state index in [-0.39, 0.29) is 6.04 Å². The maximum atomic E-state index is 5.80. The Balaban J connectivity index is 2.31. The smallest absolute Gasteiger partial charge is 0.0982 e. The molecule has 1 unspecified atom stereocenters. The number of hydrogen-bond donors (Lipinski definition) is 1. The average Bonchev–Trinajstić information content (AvgIpc) is 2.79. The third-order valence-electron chi connectivity index (χ3n) is 1.98. The van der Waals surface area contributed by atoms with Gasteiger partial charge >= 0.3 is 0 Å². The van der Waals surface area contributed by atoms with E-state index in [1.54, 1.807) is 28.4 Å². The van der Waals surface area contributed by atoms with Gasteiger partial charge in [0.05, 0.1) is 17.3 Å². The van der Waals surface area contributed by atoms with E-state index in [2.05, 4.69) is 11.2 Å². The molecule has 14 heavy (non-hydrogen) atoms. The lowest BCUT2D eigenvalue weighted by molar-refractivity contribution is 0.540. The molecular formula is C9H10ClN3S. The van der Waals surface area contributed by atoms with E-state index in [9.17, 15) is 0 Å². The summed E-state index contributed by atoms with van der Waals surface area (Å²) in [5.74, 6) is 0. The van der Waals surface area contributed by atoms with E-state index < -0.39 is 0 Å². The van der Waals surface area contributed by atoms with Gasteiger partial charge in [-0.05, 0) is 11.4 Å². The second kappa shape index (κ2) is 4.13. The summed E-state index contributed by atoms with van der Waals surface area (Å²) in [7, 11) is 0. The van der Waals surface area contributed by atoms with Crippen LogP contribution in [-0.4, -0.2) is 16.3 Å². The molecule has 0 aromatic carbocycles. The Bertz CT molecular complexity index is 396. The van der Waals surface area contributed by atoms with Crippen LogP contribution in [0.3, 0.4) is 0 Å². The van der Waals surface area contributed by atoms with Crippen LogP contribution >= 0.6 is 22.9 Å². The summed E-state index contributed by atoms with van der Waals surface area (Å²) in [5, 5.41) is 6.82. The Hall–Kier alpha value is -0.840. The Kier molecular flexibility index (Phi) is 2.86. The molecule has 74 valence electrons. The predicted molar refractivity (Wildman–Crippen MR) is 58.7 cm³/mol. The maximum Gasteiger partial charge on any atom is 0.0982 e. The molecule has 1 atom stereocenters. The molecule has 5 heteroatoms. The van der Waals surface area contributed by atoms with Crippen molar-refractivity contribution in [3.63, 3.8) is 0 Å². The average molecular weight is 228 g/mol. The number of nitrogens with zero attached hydrogens (tertiary/aromatic N) is 2. The Labute approximate surface area is 91.1 Å². The molecule has 2 rings (SSSR count). The second-order valence-electron chi connectivity index (χ2n) is 2.91. The third-order valence-corrected chi connectivity index (χ3v) is 3.15. The van der Waals surface area contributed by atoms with Crippen molar-refractivity contribution < 1.29 is 0 Å². The first kappa shape index (κ1) is 9.71. The topological polar surface area (TPSA) is 43.8 Å². The minimum Gasteiger partial charge on any atom is -0.328 e. The van der Waals surface area contributed by atoms with Gasteiger partial charge in [-0.2, -0.15) is 5.10 Å². The predicted octanol–water partition coefficient (Wildman–Crippen LogP) is 2.15. The summed E-state index contributed by atoms with van der Waals surface area (Å²) < 4.78 is 1.80. The molecule has 2 heterocycles. The largest absolute Gasteiger partial charge is 0.328 e. The number of nitrogens with two attached hydrogens (primary N) is 1. The normalized spacial score (nSPS) is 13.0. The summed E-state index contributed by atoms with van der Waals surface area (Å²) in [6.07, 6.45) is 3.41. The molecule has 2 aromatic rings. The highest BCUT2D eigenvalue weighted by atomic mass is 35.5. The molecule has 0 amide bonds. The fourth-order valence-electron chi connectivity index (χ4n) is 1.32. The first-order valence-corrected chi connectivity index (χ1v) is 5.50. The molecule has 0 radical (unpaired) electrons. The molecule has 0 aliphatic rings. The van der Waals surface area contributed by atoms with Crippen molar-refractivity contribution in [1.82, 2.24) is 9.78 Å². The van der Waals surface area contributed by atoms with E-state index in [0.29, 0.717) is 11.6 Å². The van der Waals surface area contributed by atoms with Crippen molar-refractivity contribution in [1.29, 1.82) is 0 Å². The number of halogens is 1. The highest BCUT2D eigenvalue weighted by Gasteiger charge is 2.13. The van der Waals surface area contributed by atoms with E-state index in [1.165, 1.54) is 4.88 Å². The van der Waals surface area contributed by atoms with Crippen LogP contribution in [0.5, 0.6) is 0 Å². The quantitative estimate of drug-likeness (QED) is 0.873. The fraction of sp³-hybridized carbons (Fsp3) is 0.222. The molecule has 0 aliphatic carbocycles. The summed E-state index contributed by atoms with van der Waals surface area (Å²) in [6.45, 7) is 0.526. The van der Waals surface area contributed by atoms with E-state index in [1.807, 2.05) is 11.4 Å². The van der Waals surface area contributed by atoms with E-state index >= 15 is 0 Å². The molecule has 0 saturated carbocycles. The Morgan fingerprint density at radius 3 is 3.00 bits per heavy atom. The van der Waals surface area contributed by atoms with Crippen LogP contribution < -0.4 is 5.73 Å². The van der Waals surface area contributed by atoms with Crippen LogP contribution in [0, 0.1) is 0 Å². The SMILES string of the molecule is NCC(c1cccs1)n1cc(Cl)cn1. The van der Waals surface area contributed by atoms with E-state index in [4.69, 9.17) is 17.3 Å².